The van der Waals surface area contributed by atoms with Gasteiger partial charge in [-0.2, -0.15) is 0 Å². The fourth-order valence-corrected chi connectivity index (χ4v) is 4.45. The lowest BCUT2D eigenvalue weighted by Crippen LogP contribution is -2.41. The van der Waals surface area contributed by atoms with E-state index < -0.39 is 0 Å². The van der Waals surface area contributed by atoms with Gasteiger partial charge in [-0.25, -0.2) is 0 Å². The summed E-state index contributed by atoms with van der Waals surface area (Å²) in [5.41, 5.74) is 5.01. The first-order valence-electron chi connectivity index (χ1n) is 8.46. The molecule has 1 heterocycles. The molecule has 116 valence electrons. The van der Waals surface area contributed by atoms with E-state index in [-0.39, 0.29) is 18.2 Å². The summed E-state index contributed by atoms with van der Waals surface area (Å²) >= 11 is 0. The second kappa shape index (κ2) is 5.54. The largest absolute Gasteiger partial charge is 0.357 e. The van der Waals surface area contributed by atoms with Crippen molar-refractivity contribution in [3.63, 3.8) is 0 Å². The monoisotopic (exact) mass is 297 g/mol. The summed E-state index contributed by atoms with van der Waals surface area (Å²) in [5.74, 6) is 0.225. The zero-order valence-electron chi connectivity index (χ0n) is 13.2. The third-order valence-corrected chi connectivity index (χ3v) is 5.45. The van der Waals surface area contributed by atoms with Crippen LogP contribution in [0.25, 0.3) is 0 Å². The molecule has 1 aliphatic heterocycles. The van der Waals surface area contributed by atoms with Crippen molar-refractivity contribution in [3.05, 3.63) is 46.5 Å². The Morgan fingerprint density at radius 3 is 2.77 bits per heavy atom. The lowest BCUT2D eigenvalue weighted by atomic mass is 9.86. The molecule has 0 aromatic heterocycles. The van der Waals surface area contributed by atoms with Gasteiger partial charge in [0, 0.05) is 12.7 Å². The molecule has 0 fully saturated rings. The summed E-state index contributed by atoms with van der Waals surface area (Å²) < 4.78 is 5.78. The number of hydrogen-bond donors (Lipinski definition) is 0. The van der Waals surface area contributed by atoms with Crippen molar-refractivity contribution in [2.75, 3.05) is 7.11 Å². The minimum absolute atomic E-state index is 0.140. The first kappa shape index (κ1) is 14.0. The standard InChI is InChI=1S/C19H23NO2/c1-22-19-16-11-5-4-10-15(16)18(21)20(19)17-12-6-8-13-7-2-3-9-14(13)17/h2-3,7,9,17,19H,4-6,8,10-12H2,1H3/t17-,19+/m1/s1. The maximum absolute atomic E-state index is 13.0. The summed E-state index contributed by atoms with van der Waals surface area (Å²) in [6.45, 7) is 0. The van der Waals surface area contributed by atoms with E-state index in [9.17, 15) is 4.79 Å². The summed E-state index contributed by atoms with van der Waals surface area (Å²) in [7, 11) is 1.74. The van der Waals surface area contributed by atoms with Crippen LogP contribution in [0, 0.1) is 0 Å². The normalized spacial score (nSPS) is 27.9. The van der Waals surface area contributed by atoms with Crippen LogP contribution in [0.15, 0.2) is 35.4 Å². The Morgan fingerprint density at radius 2 is 1.91 bits per heavy atom. The van der Waals surface area contributed by atoms with Crippen molar-refractivity contribution in [1.82, 2.24) is 4.90 Å². The molecule has 0 N–H and O–H groups in total. The predicted molar refractivity (Wildman–Crippen MR) is 85.3 cm³/mol. The van der Waals surface area contributed by atoms with Crippen molar-refractivity contribution in [1.29, 1.82) is 0 Å². The number of benzene rings is 1. The van der Waals surface area contributed by atoms with Crippen molar-refractivity contribution in [3.8, 4) is 0 Å². The smallest absolute Gasteiger partial charge is 0.252 e. The van der Waals surface area contributed by atoms with Crippen LogP contribution in [0.1, 0.15) is 55.7 Å². The molecule has 3 aliphatic rings. The Bertz CT molecular complexity index is 634. The van der Waals surface area contributed by atoms with Crippen LogP contribution in [-0.4, -0.2) is 24.1 Å². The number of methoxy groups -OCH3 is 1. The molecule has 0 bridgehead atoms. The third-order valence-electron chi connectivity index (χ3n) is 5.45. The molecule has 0 saturated heterocycles. The number of rotatable bonds is 2. The molecule has 0 radical (unpaired) electrons. The quantitative estimate of drug-likeness (QED) is 0.832. The van der Waals surface area contributed by atoms with Crippen LogP contribution < -0.4 is 0 Å². The molecule has 1 amide bonds. The summed E-state index contributed by atoms with van der Waals surface area (Å²) in [6, 6.07) is 8.76. The molecule has 3 nitrogen and oxygen atoms in total. The van der Waals surface area contributed by atoms with Gasteiger partial charge in [-0.3, -0.25) is 4.79 Å². The number of hydrogen-bond acceptors (Lipinski definition) is 2. The molecule has 1 aromatic carbocycles. The highest BCUT2D eigenvalue weighted by atomic mass is 16.5. The van der Waals surface area contributed by atoms with Gasteiger partial charge in [0.05, 0.1) is 6.04 Å². The molecule has 3 heteroatoms. The Balaban J connectivity index is 1.73. The summed E-state index contributed by atoms with van der Waals surface area (Å²) in [4.78, 5) is 15.0. The minimum Gasteiger partial charge on any atom is -0.357 e. The highest BCUT2D eigenvalue weighted by Gasteiger charge is 2.44. The number of fused-ring (bicyclic) bond motifs is 1. The van der Waals surface area contributed by atoms with Gasteiger partial charge < -0.3 is 9.64 Å². The van der Waals surface area contributed by atoms with Crippen LogP contribution in [0.2, 0.25) is 0 Å². The molecule has 0 spiro atoms. The van der Waals surface area contributed by atoms with E-state index >= 15 is 0 Å². The van der Waals surface area contributed by atoms with Gasteiger partial charge in [-0.15, -0.1) is 0 Å². The number of carbonyl (C=O) groups is 1. The highest BCUT2D eigenvalue weighted by molar-refractivity contribution is 5.98. The third kappa shape index (κ3) is 2.03. The van der Waals surface area contributed by atoms with Gasteiger partial charge in [-0.1, -0.05) is 24.3 Å². The van der Waals surface area contributed by atoms with E-state index in [2.05, 4.69) is 24.3 Å². The maximum Gasteiger partial charge on any atom is 0.252 e. The van der Waals surface area contributed by atoms with Gasteiger partial charge in [0.2, 0.25) is 0 Å². The zero-order chi connectivity index (χ0) is 15.1. The van der Waals surface area contributed by atoms with Gasteiger partial charge in [0.1, 0.15) is 0 Å². The van der Waals surface area contributed by atoms with Crippen LogP contribution >= 0.6 is 0 Å². The topological polar surface area (TPSA) is 29.5 Å². The fraction of sp³-hybridized carbons (Fsp3) is 0.526. The van der Waals surface area contributed by atoms with Crippen molar-refractivity contribution < 1.29 is 9.53 Å². The van der Waals surface area contributed by atoms with E-state index in [4.69, 9.17) is 4.74 Å². The van der Waals surface area contributed by atoms with Crippen molar-refractivity contribution in [2.45, 2.75) is 57.2 Å². The molecular formula is C19H23NO2. The molecule has 4 rings (SSSR count). The van der Waals surface area contributed by atoms with Crippen LogP contribution in [0.5, 0.6) is 0 Å². The highest BCUT2D eigenvalue weighted by Crippen LogP contribution is 2.44. The van der Waals surface area contributed by atoms with Crippen LogP contribution in [0.3, 0.4) is 0 Å². The number of ether oxygens (including phenoxy) is 1. The molecule has 22 heavy (non-hydrogen) atoms. The SMILES string of the molecule is CO[C@H]1C2=C(CCCC2)C(=O)N1[C@@H]1CCCc2ccccc21. The van der Waals surface area contributed by atoms with Crippen LogP contribution in [-0.2, 0) is 16.0 Å². The number of aryl methyl sites for hydroxylation is 1. The van der Waals surface area contributed by atoms with E-state index in [1.807, 2.05) is 4.90 Å². The summed E-state index contributed by atoms with van der Waals surface area (Å²) in [5, 5.41) is 0. The van der Waals surface area contributed by atoms with E-state index in [1.165, 1.54) is 23.1 Å². The Kier molecular flexibility index (Phi) is 3.53. The Hall–Kier alpha value is -1.61. The summed E-state index contributed by atoms with van der Waals surface area (Å²) in [6.07, 6.45) is 7.44. The minimum atomic E-state index is -0.140. The number of carbonyl (C=O) groups excluding carboxylic acids is 1. The molecule has 0 unspecified atom stereocenters. The van der Waals surface area contributed by atoms with E-state index in [1.54, 1.807) is 7.11 Å². The van der Waals surface area contributed by atoms with E-state index in [0.717, 1.165) is 44.1 Å². The second-order valence-electron chi connectivity index (χ2n) is 6.62. The number of amides is 1. The van der Waals surface area contributed by atoms with Gasteiger partial charge in [0.15, 0.2) is 6.23 Å². The van der Waals surface area contributed by atoms with Crippen molar-refractivity contribution in [2.24, 2.45) is 0 Å². The second-order valence-corrected chi connectivity index (χ2v) is 6.62. The molecule has 2 atom stereocenters. The van der Waals surface area contributed by atoms with Crippen molar-refractivity contribution >= 4 is 5.91 Å². The Labute approximate surface area is 132 Å². The predicted octanol–water partition coefficient (Wildman–Crippen LogP) is 3.75. The van der Waals surface area contributed by atoms with Crippen LogP contribution in [0.4, 0.5) is 0 Å². The lowest BCUT2D eigenvalue weighted by Gasteiger charge is -2.37. The molecule has 0 saturated carbocycles. The van der Waals surface area contributed by atoms with Gasteiger partial charge >= 0.3 is 0 Å². The zero-order valence-corrected chi connectivity index (χ0v) is 13.2. The first-order chi connectivity index (χ1) is 10.8. The lowest BCUT2D eigenvalue weighted by molar-refractivity contribution is -0.138. The van der Waals surface area contributed by atoms with E-state index in [0.29, 0.717) is 0 Å². The maximum atomic E-state index is 13.0. The fourth-order valence-electron chi connectivity index (χ4n) is 4.45. The average molecular weight is 297 g/mol. The van der Waals surface area contributed by atoms with Gasteiger partial charge in [-0.05, 0) is 61.6 Å². The molecule has 2 aliphatic carbocycles. The van der Waals surface area contributed by atoms with Gasteiger partial charge in [0.25, 0.3) is 5.91 Å². The molecular weight excluding hydrogens is 274 g/mol. The first-order valence-corrected chi connectivity index (χ1v) is 8.46. The number of nitrogens with zero attached hydrogens (tertiary/aromatic N) is 1. The molecule has 1 aromatic rings. The average Bonchev–Trinajstić information content (AvgIpc) is 2.87. The Morgan fingerprint density at radius 1 is 1.09 bits per heavy atom.